The van der Waals surface area contributed by atoms with E-state index >= 15 is 0 Å². The third-order valence-electron chi connectivity index (χ3n) is 4.05. The normalized spacial score (nSPS) is 10.9. The van der Waals surface area contributed by atoms with E-state index in [1.807, 2.05) is 13.0 Å². The predicted molar refractivity (Wildman–Crippen MR) is 123 cm³/mol. The molecule has 2 rings (SSSR count). The van der Waals surface area contributed by atoms with E-state index < -0.39 is 0 Å². The van der Waals surface area contributed by atoms with Crippen molar-refractivity contribution in [3.8, 4) is 0 Å². The molecule has 27 heavy (non-hydrogen) atoms. The van der Waals surface area contributed by atoms with Crippen LogP contribution in [0.2, 0.25) is 0 Å². The van der Waals surface area contributed by atoms with Crippen LogP contribution in [0.5, 0.6) is 0 Å². The van der Waals surface area contributed by atoms with Gasteiger partial charge < -0.3 is 16.4 Å². The highest BCUT2D eigenvalue weighted by Crippen LogP contribution is 2.22. The molecule has 0 radical (unpaired) electrons. The zero-order chi connectivity index (χ0) is 18.9. The van der Waals surface area contributed by atoms with E-state index in [1.54, 1.807) is 12.3 Å². The molecule has 0 unspecified atom stereocenters. The van der Waals surface area contributed by atoms with Gasteiger partial charge in [-0.1, -0.05) is 38.1 Å². The molecule has 0 saturated heterocycles. The number of hydrogen-bond donors (Lipinski definition) is 3. The van der Waals surface area contributed by atoms with E-state index in [4.69, 9.17) is 5.73 Å². The van der Waals surface area contributed by atoms with Crippen molar-refractivity contribution in [2.75, 3.05) is 17.2 Å². The van der Waals surface area contributed by atoms with Gasteiger partial charge in [0.15, 0.2) is 5.96 Å². The number of guanidine groups is 1. The third kappa shape index (κ3) is 7.16. The third-order valence-corrected chi connectivity index (χ3v) is 4.05. The molecule has 0 fully saturated rings. The molecule has 1 aromatic carbocycles. The lowest BCUT2D eigenvalue weighted by Gasteiger charge is -2.14. The lowest BCUT2D eigenvalue weighted by atomic mass is 10.0. The maximum Gasteiger partial charge on any atom is 0.227 e. The Morgan fingerprint density at radius 1 is 1.11 bits per heavy atom. The fraction of sp³-hybridized carbons (Fsp3) is 0.350. The number of nitrogens with zero attached hydrogens (tertiary/aromatic N) is 2. The van der Waals surface area contributed by atoms with Gasteiger partial charge in [0.2, 0.25) is 5.91 Å². The topological polar surface area (TPSA) is 92.4 Å². The largest absolute Gasteiger partial charge is 0.370 e. The second-order valence-corrected chi connectivity index (χ2v) is 6.07. The van der Waals surface area contributed by atoms with Crippen LogP contribution in [0.3, 0.4) is 0 Å². The summed E-state index contributed by atoms with van der Waals surface area (Å²) in [4.78, 5) is 20.4. The number of hydrogen-bond acceptors (Lipinski definition) is 3. The zero-order valence-electron chi connectivity index (χ0n) is 16.1. The number of carbonyl (C=O) groups excluding carboxylic acids is 1. The molecule has 4 N–H and O–H groups in total. The number of aromatic nitrogens is 1. The number of anilines is 2. The molecule has 0 bridgehead atoms. The Morgan fingerprint density at radius 2 is 1.78 bits per heavy atom. The van der Waals surface area contributed by atoms with Gasteiger partial charge in [0.1, 0.15) is 5.82 Å². The molecule has 146 valence electrons. The molecule has 6 nitrogen and oxygen atoms in total. The van der Waals surface area contributed by atoms with Crippen LogP contribution in [0, 0.1) is 6.92 Å². The summed E-state index contributed by atoms with van der Waals surface area (Å²) in [6, 6.07) is 9.90. The first-order valence-corrected chi connectivity index (χ1v) is 8.93. The maximum atomic E-state index is 12.0. The number of nitrogens with two attached hydrogens (primary N) is 1. The van der Waals surface area contributed by atoms with Crippen LogP contribution in [0.1, 0.15) is 37.0 Å². The Kier molecular flexibility index (Phi) is 9.77. The van der Waals surface area contributed by atoms with Gasteiger partial charge in [-0.3, -0.25) is 9.79 Å². The summed E-state index contributed by atoms with van der Waals surface area (Å²) in [7, 11) is 0. The SMILES string of the molecule is CCc1cccc(CC)c1NC(N)=NCCC(=O)Nc1ccc(C)cn1.I. The van der Waals surface area contributed by atoms with E-state index in [-0.39, 0.29) is 36.3 Å². The van der Waals surface area contributed by atoms with Gasteiger partial charge in [-0.15, -0.1) is 24.0 Å². The van der Waals surface area contributed by atoms with E-state index in [0.29, 0.717) is 18.3 Å². The van der Waals surface area contributed by atoms with E-state index in [2.05, 4.69) is 52.7 Å². The zero-order valence-corrected chi connectivity index (χ0v) is 18.4. The summed E-state index contributed by atoms with van der Waals surface area (Å²) >= 11 is 0. The molecule has 0 atom stereocenters. The smallest absolute Gasteiger partial charge is 0.227 e. The molecule has 7 heteroatoms. The Balaban J connectivity index is 0.00000364. The first-order chi connectivity index (χ1) is 12.5. The number of carbonyl (C=O) groups is 1. The van der Waals surface area contributed by atoms with Crippen molar-refractivity contribution in [1.82, 2.24) is 4.98 Å². The molecular formula is C20H28IN5O. The minimum atomic E-state index is -0.138. The molecule has 0 spiro atoms. The van der Waals surface area contributed by atoms with Crippen molar-refractivity contribution in [1.29, 1.82) is 0 Å². The summed E-state index contributed by atoms with van der Waals surface area (Å²) in [5.41, 5.74) is 10.5. The Morgan fingerprint density at radius 3 is 2.33 bits per heavy atom. The second kappa shape index (κ2) is 11.5. The standard InChI is InChI=1S/C20H27N5O.HI/c1-4-15-7-6-8-16(5-2)19(15)25-20(21)22-12-11-18(26)24-17-10-9-14(3)13-23-17;/h6-10,13H,4-5,11-12H2,1-3H3,(H3,21,22,25)(H,23,24,26);1H. The summed E-state index contributed by atoms with van der Waals surface area (Å²) in [5, 5.41) is 5.94. The lowest BCUT2D eigenvalue weighted by Crippen LogP contribution is -2.25. The molecule has 1 amide bonds. The molecule has 0 aliphatic heterocycles. The Labute approximate surface area is 178 Å². The highest BCUT2D eigenvalue weighted by Gasteiger charge is 2.07. The number of halogens is 1. The average molecular weight is 481 g/mol. The fourth-order valence-corrected chi connectivity index (χ4v) is 2.60. The van der Waals surface area contributed by atoms with Gasteiger partial charge in [0, 0.05) is 18.3 Å². The lowest BCUT2D eigenvalue weighted by molar-refractivity contribution is -0.116. The highest BCUT2D eigenvalue weighted by atomic mass is 127. The molecule has 0 saturated carbocycles. The van der Waals surface area contributed by atoms with E-state index in [1.165, 1.54) is 11.1 Å². The molecule has 1 aromatic heterocycles. The summed E-state index contributed by atoms with van der Waals surface area (Å²) in [6.45, 7) is 6.48. The van der Waals surface area contributed by atoms with Crippen LogP contribution in [-0.4, -0.2) is 23.4 Å². The number of aryl methyl sites for hydroxylation is 3. The Hall–Kier alpha value is -2.16. The number of benzene rings is 1. The van der Waals surface area contributed by atoms with Crippen molar-refractivity contribution in [3.63, 3.8) is 0 Å². The molecule has 0 aliphatic rings. The summed E-state index contributed by atoms with van der Waals surface area (Å²) in [5.74, 6) is 0.725. The van der Waals surface area contributed by atoms with Gasteiger partial charge in [0.05, 0.1) is 6.54 Å². The van der Waals surface area contributed by atoms with Crippen LogP contribution >= 0.6 is 24.0 Å². The van der Waals surface area contributed by atoms with Crippen molar-refractivity contribution in [3.05, 3.63) is 53.2 Å². The van der Waals surface area contributed by atoms with Gasteiger partial charge in [-0.25, -0.2) is 4.98 Å². The van der Waals surface area contributed by atoms with E-state index in [9.17, 15) is 4.79 Å². The first kappa shape index (κ1) is 22.9. The van der Waals surface area contributed by atoms with Crippen molar-refractivity contribution in [2.45, 2.75) is 40.0 Å². The van der Waals surface area contributed by atoms with Crippen molar-refractivity contribution >= 4 is 47.3 Å². The van der Waals surface area contributed by atoms with Crippen LogP contribution in [0.4, 0.5) is 11.5 Å². The molecule has 0 aliphatic carbocycles. The second-order valence-electron chi connectivity index (χ2n) is 6.07. The monoisotopic (exact) mass is 481 g/mol. The molecule has 1 heterocycles. The number of aliphatic imine (C=N–C) groups is 1. The van der Waals surface area contributed by atoms with Gasteiger partial charge in [0.25, 0.3) is 0 Å². The number of pyridine rings is 1. The van der Waals surface area contributed by atoms with Crippen molar-refractivity contribution in [2.24, 2.45) is 10.7 Å². The fourth-order valence-electron chi connectivity index (χ4n) is 2.60. The van der Waals surface area contributed by atoms with Gasteiger partial charge >= 0.3 is 0 Å². The molecular weight excluding hydrogens is 453 g/mol. The van der Waals surface area contributed by atoms with Crippen LogP contribution in [-0.2, 0) is 17.6 Å². The van der Waals surface area contributed by atoms with Crippen molar-refractivity contribution < 1.29 is 4.79 Å². The average Bonchev–Trinajstić information content (AvgIpc) is 2.63. The number of amides is 1. The van der Waals surface area contributed by atoms with Gasteiger partial charge in [-0.2, -0.15) is 0 Å². The Bertz CT molecular complexity index is 752. The number of nitrogens with one attached hydrogen (secondary N) is 2. The quantitative estimate of drug-likeness (QED) is 0.318. The minimum Gasteiger partial charge on any atom is -0.370 e. The maximum absolute atomic E-state index is 12.0. The number of rotatable bonds is 7. The van der Waals surface area contributed by atoms with Crippen LogP contribution in [0.15, 0.2) is 41.5 Å². The summed E-state index contributed by atoms with van der Waals surface area (Å²) in [6.07, 6.45) is 3.78. The summed E-state index contributed by atoms with van der Waals surface area (Å²) < 4.78 is 0. The van der Waals surface area contributed by atoms with Crippen LogP contribution < -0.4 is 16.4 Å². The van der Waals surface area contributed by atoms with E-state index in [0.717, 1.165) is 24.1 Å². The predicted octanol–water partition coefficient (Wildman–Crippen LogP) is 3.89. The highest BCUT2D eigenvalue weighted by molar-refractivity contribution is 14.0. The van der Waals surface area contributed by atoms with Crippen LogP contribution in [0.25, 0.3) is 0 Å². The number of para-hydroxylation sites is 1. The minimum absolute atomic E-state index is 0. The first-order valence-electron chi connectivity index (χ1n) is 8.93. The molecule has 2 aromatic rings. The van der Waals surface area contributed by atoms with Gasteiger partial charge in [-0.05, 0) is 42.5 Å².